The summed E-state index contributed by atoms with van der Waals surface area (Å²) < 4.78 is 5.04. The van der Waals surface area contributed by atoms with Crippen LogP contribution >= 0.6 is 23.2 Å². The van der Waals surface area contributed by atoms with E-state index in [4.69, 9.17) is 27.9 Å². The SMILES string of the molecule is O=C(CN1C(=O)[C@@H]2[C@@H](C1=O)C1(Cl)c3ccccc3C2(Cl)c2ccccc21)OCC(=O)c1cccc([N+](=O)[O-])c1. The molecule has 9 nitrogen and oxygen atoms in total. The Labute approximate surface area is 231 Å². The summed E-state index contributed by atoms with van der Waals surface area (Å²) in [6.45, 7) is -1.46. The number of carbonyl (C=O) groups excluding carboxylic acids is 4. The Morgan fingerprint density at radius 3 is 1.79 bits per heavy atom. The van der Waals surface area contributed by atoms with Gasteiger partial charge < -0.3 is 4.74 Å². The second-order valence-electron chi connectivity index (χ2n) is 9.62. The average Bonchev–Trinajstić information content (AvgIpc) is 3.20. The summed E-state index contributed by atoms with van der Waals surface area (Å²) in [5.74, 6) is -5.11. The van der Waals surface area contributed by atoms with Crippen LogP contribution in [0, 0.1) is 22.0 Å². The molecule has 1 saturated heterocycles. The van der Waals surface area contributed by atoms with Crippen molar-refractivity contribution in [3.8, 4) is 0 Å². The van der Waals surface area contributed by atoms with Crippen molar-refractivity contribution in [2.75, 3.05) is 13.2 Å². The Kier molecular flexibility index (Phi) is 5.64. The number of hydrogen-bond acceptors (Lipinski definition) is 7. The highest BCUT2D eigenvalue weighted by atomic mass is 35.5. The van der Waals surface area contributed by atoms with Crippen molar-refractivity contribution in [1.82, 2.24) is 4.90 Å². The zero-order valence-corrected chi connectivity index (χ0v) is 21.5. The molecule has 1 aliphatic heterocycles. The lowest BCUT2D eigenvalue weighted by atomic mass is 9.54. The number of nitrogens with zero attached hydrogens (tertiary/aromatic N) is 2. The number of esters is 1. The van der Waals surface area contributed by atoms with E-state index in [1.807, 2.05) is 0 Å². The molecule has 3 aliphatic carbocycles. The molecule has 196 valence electrons. The van der Waals surface area contributed by atoms with Crippen LogP contribution in [0.1, 0.15) is 32.6 Å². The summed E-state index contributed by atoms with van der Waals surface area (Å²) in [4.78, 5) is 60.9. The van der Waals surface area contributed by atoms with Crippen molar-refractivity contribution in [3.05, 3.63) is 111 Å². The fraction of sp³-hybridized carbons (Fsp3) is 0.214. The van der Waals surface area contributed by atoms with Crippen LogP contribution in [-0.2, 0) is 28.9 Å². The predicted molar refractivity (Wildman–Crippen MR) is 138 cm³/mol. The van der Waals surface area contributed by atoms with Crippen LogP contribution in [0.4, 0.5) is 5.69 Å². The zero-order chi connectivity index (χ0) is 27.7. The summed E-state index contributed by atoms with van der Waals surface area (Å²) in [5, 5.41) is 11.0. The number of hydrogen-bond donors (Lipinski definition) is 0. The van der Waals surface area contributed by atoms with Crippen LogP contribution in [0.2, 0.25) is 0 Å². The average molecular weight is 565 g/mol. The van der Waals surface area contributed by atoms with Gasteiger partial charge in [0, 0.05) is 17.7 Å². The Bertz CT molecular complexity index is 1500. The number of Topliss-reactive ketones (excluding diaryl/α,β-unsaturated/α-hetero) is 1. The number of rotatable bonds is 6. The second kappa shape index (κ2) is 8.72. The Balaban J connectivity index is 1.27. The molecule has 0 spiro atoms. The Morgan fingerprint density at radius 2 is 1.33 bits per heavy atom. The lowest BCUT2D eigenvalue weighted by molar-refractivity contribution is -0.384. The summed E-state index contributed by atoms with van der Waals surface area (Å²) >= 11 is 14.6. The molecule has 7 rings (SSSR count). The van der Waals surface area contributed by atoms with Gasteiger partial charge in [0.25, 0.3) is 5.69 Å². The molecule has 3 aromatic carbocycles. The number of ether oxygens (including phenoxy) is 1. The molecule has 2 bridgehead atoms. The van der Waals surface area contributed by atoms with E-state index >= 15 is 0 Å². The van der Waals surface area contributed by atoms with Crippen LogP contribution in [0.15, 0.2) is 72.8 Å². The molecule has 0 saturated carbocycles. The van der Waals surface area contributed by atoms with E-state index < -0.39 is 63.2 Å². The number of likely N-dealkylation sites (tertiary alicyclic amines) is 1. The second-order valence-corrected chi connectivity index (χ2v) is 10.8. The molecule has 4 aliphatic rings. The van der Waals surface area contributed by atoms with Crippen molar-refractivity contribution in [1.29, 1.82) is 0 Å². The molecule has 39 heavy (non-hydrogen) atoms. The molecule has 2 amide bonds. The predicted octanol–water partition coefficient (Wildman–Crippen LogP) is 3.91. The molecule has 11 heteroatoms. The fourth-order valence-electron chi connectivity index (χ4n) is 6.08. The normalized spacial score (nSPS) is 26.1. The van der Waals surface area contributed by atoms with Gasteiger partial charge in [0.2, 0.25) is 17.6 Å². The molecular formula is C28H18Cl2N2O7. The van der Waals surface area contributed by atoms with Crippen molar-refractivity contribution < 1.29 is 28.8 Å². The minimum Gasteiger partial charge on any atom is -0.456 e. The molecule has 0 N–H and O–H groups in total. The molecule has 2 atom stereocenters. The molecule has 3 aromatic rings. The maximum atomic E-state index is 13.7. The molecular weight excluding hydrogens is 547 g/mol. The molecule has 0 aromatic heterocycles. The molecule has 1 fully saturated rings. The summed E-state index contributed by atoms with van der Waals surface area (Å²) in [5.41, 5.74) is 2.23. The Morgan fingerprint density at radius 1 is 0.846 bits per heavy atom. The van der Waals surface area contributed by atoms with Gasteiger partial charge >= 0.3 is 5.97 Å². The van der Waals surface area contributed by atoms with Crippen molar-refractivity contribution >= 4 is 52.5 Å². The monoisotopic (exact) mass is 564 g/mol. The van der Waals surface area contributed by atoms with Gasteiger partial charge in [0.05, 0.1) is 16.8 Å². The van der Waals surface area contributed by atoms with Gasteiger partial charge in [-0.1, -0.05) is 60.7 Å². The van der Waals surface area contributed by atoms with Gasteiger partial charge in [0.15, 0.2) is 6.61 Å². The highest BCUT2D eigenvalue weighted by Gasteiger charge is 2.73. The number of alkyl halides is 2. The van der Waals surface area contributed by atoms with E-state index in [1.54, 1.807) is 48.5 Å². The number of nitro benzene ring substituents is 1. The lowest BCUT2D eigenvalue weighted by Crippen LogP contribution is -2.57. The summed E-state index contributed by atoms with van der Waals surface area (Å²) in [6, 6.07) is 19.3. The number of benzene rings is 3. The third-order valence-corrected chi connectivity index (χ3v) is 8.99. The smallest absolute Gasteiger partial charge is 0.326 e. The largest absolute Gasteiger partial charge is 0.456 e. The van der Waals surface area contributed by atoms with Gasteiger partial charge in [0.1, 0.15) is 16.3 Å². The third kappa shape index (κ3) is 3.39. The first-order valence-electron chi connectivity index (χ1n) is 12.0. The maximum Gasteiger partial charge on any atom is 0.326 e. The van der Waals surface area contributed by atoms with Crippen LogP contribution in [0.3, 0.4) is 0 Å². The first kappa shape index (κ1) is 25.2. The summed E-state index contributed by atoms with van der Waals surface area (Å²) in [6.07, 6.45) is 0. The van der Waals surface area contributed by atoms with E-state index in [2.05, 4.69) is 0 Å². The van der Waals surface area contributed by atoms with Crippen molar-refractivity contribution in [2.45, 2.75) is 9.75 Å². The number of ketones is 1. The van der Waals surface area contributed by atoms with Gasteiger partial charge in [-0.3, -0.25) is 34.2 Å². The Hall–Kier alpha value is -4.08. The van der Waals surface area contributed by atoms with E-state index in [9.17, 15) is 29.3 Å². The van der Waals surface area contributed by atoms with Crippen LogP contribution in [0.25, 0.3) is 0 Å². The number of imide groups is 1. The quantitative estimate of drug-likeness (QED) is 0.111. The minimum atomic E-state index is -1.38. The van der Waals surface area contributed by atoms with Crippen molar-refractivity contribution in [2.24, 2.45) is 11.8 Å². The van der Waals surface area contributed by atoms with Gasteiger partial charge in [-0.05, 0) is 22.3 Å². The fourth-order valence-corrected chi connectivity index (χ4v) is 7.18. The van der Waals surface area contributed by atoms with Crippen LogP contribution in [-0.4, -0.2) is 46.5 Å². The van der Waals surface area contributed by atoms with Gasteiger partial charge in [-0.15, -0.1) is 23.2 Å². The number of halogens is 2. The minimum absolute atomic E-state index is 0.0170. The zero-order valence-electron chi connectivity index (χ0n) is 20.0. The number of non-ortho nitro benzene ring substituents is 1. The van der Waals surface area contributed by atoms with E-state index in [0.717, 1.165) is 11.0 Å². The van der Waals surface area contributed by atoms with Crippen molar-refractivity contribution in [3.63, 3.8) is 0 Å². The first-order valence-corrected chi connectivity index (χ1v) is 12.7. The third-order valence-electron chi connectivity index (χ3n) is 7.71. The van der Waals surface area contributed by atoms with Gasteiger partial charge in [-0.25, -0.2) is 0 Å². The van der Waals surface area contributed by atoms with Crippen LogP contribution in [0.5, 0.6) is 0 Å². The number of amides is 2. The molecule has 0 unspecified atom stereocenters. The van der Waals surface area contributed by atoms with E-state index in [-0.39, 0.29) is 11.3 Å². The first-order chi connectivity index (χ1) is 18.6. The maximum absolute atomic E-state index is 13.7. The highest BCUT2D eigenvalue weighted by molar-refractivity contribution is 6.36. The van der Waals surface area contributed by atoms with Gasteiger partial charge in [-0.2, -0.15) is 0 Å². The van der Waals surface area contributed by atoms with Crippen LogP contribution < -0.4 is 0 Å². The lowest BCUT2D eigenvalue weighted by Gasteiger charge is -2.54. The van der Waals surface area contributed by atoms with E-state index in [1.165, 1.54) is 18.2 Å². The standard InChI is InChI=1S/C28H18Cl2N2O7/c29-27-17-8-1-2-9-18(17)28(30,20-11-4-3-10-19(20)27)24-23(27)25(35)31(26(24)36)13-22(34)39-14-21(33)15-6-5-7-16(12-15)32(37)38/h1-12,23-24H,13-14H2/t23-,24-,27?,28?/m0/s1. The highest BCUT2D eigenvalue weighted by Crippen LogP contribution is 2.69. The molecule has 0 radical (unpaired) electrons. The number of carbonyl (C=O) groups is 4. The molecule has 1 heterocycles. The number of nitro groups is 1. The topological polar surface area (TPSA) is 124 Å². The summed E-state index contributed by atoms with van der Waals surface area (Å²) in [7, 11) is 0. The van der Waals surface area contributed by atoms with E-state index in [0.29, 0.717) is 22.3 Å².